The van der Waals surface area contributed by atoms with Gasteiger partial charge in [0.05, 0.1) is 11.3 Å². The minimum absolute atomic E-state index is 0.130. The van der Waals surface area contributed by atoms with E-state index in [-0.39, 0.29) is 12.1 Å². The Kier molecular flexibility index (Phi) is 3.83. The average molecular weight is 419 g/mol. The number of carbonyl (C=O) groups is 2. The van der Waals surface area contributed by atoms with Gasteiger partial charge in [-0.3, -0.25) is 4.79 Å². The second-order valence-electron chi connectivity index (χ2n) is 5.02. The maximum Gasteiger partial charge on any atom is 0.407 e. The fraction of sp³-hybridized carbons (Fsp3) is 0.385. The summed E-state index contributed by atoms with van der Waals surface area (Å²) >= 11 is 6.86. The van der Waals surface area contributed by atoms with Crippen LogP contribution in [0.4, 0.5) is 10.5 Å². The van der Waals surface area contributed by atoms with Crippen LogP contribution < -0.4 is 10.2 Å². The maximum absolute atomic E-state index is 12.3. The van der Waals surface area contributed by atoms with Crippen molar-refractivity contribution in [3.05, 3.63) is 26.6 Å². The number of fused-ring (bicyclic) bond motifs is 3. The number of halogens is 2. The third-order valence-electron chi connectivity index (χ3n) is 3.80. The molecule has 0 saturated carbocycles. The summed E-state index contributed by atoms with van der Waals surface area (Å²) in [5.41, 5.74) is 1.43. The summed E-state index contributed by atoms with van der Waals surface area (Å²) in [5.74, 6) is -0.130. The Hall–Kier alpha value is -1.28. The van der Waals surface area contributed by atoms with Gasteiger partial charge in [0.2, 0.25) is 0 Å². The molecular weight excluding hydrogens is 406 g/mol. The van der Waals surface area contributed by atoms with Gasteiger partial charge in [-0.25, -0.2) is 4.79 Å². The summed E-state index contributed by atoms with van der Waals surface area (Å²) in [5, 5.41) is 12.1. The van der Waals surface area contributed by atoms with Crippen LogP contribution in [0.2, 0.25) is 0 Å². The monoisotopic (exact) mass is 417 g/mol. The van der Waals surface area contributed by atoms with Crippen molar-refractivity contribution >= 4 is 49.5 Å². The third kappa shape index (κ3) is 2.62. The van der Waals surface area contributed by atoms with Gasteiger partial charge in [0.1, 0.15) is 6.17 Å². The van der Waals surface area contributed by atoms with E-state index in [2.05, 4.69) is 42.1 Å². The zero-order chi connectivity index (χ0) is 15.1. The molecule has 1 fully saturated rings. The summed E-state index contributed by atoms with van der Waals surface area (Å²) in [6, 6.07) is 3.74. The first kappa shape index (κ1) is 14.6. The molecule has 112 valence electrons. The number of hydrogen-bond donors (Lipinski definition) is 2. The normalized spacial score (nSPS) is 21.2. The van der Waals surface area contributed by atoms with Crippen LogP contribution in [0.15, 0.2) is 21.1 Å². The molecule has 3 rings (SSSR count). The van der Waals surface area contributed by atoms with Crippen LogP contribution in [0.3, 0.4) is 0 Å². The zero-order valence-corrected chi connectivity index (χ0v) is 14.1. The molecule has 2 aliphatic rings. The second-order valence-corrected chi connectivity index (χ2v) is 6.79. The van der Waals surface area contributed by atoms with Crippen molar-refractivity contribution in [3.63, 3.8) is 0 Å². The predicted molar refractivity (Wildman–Crippen MR) is 84.7 cm³/mol. The van der Waals surface area contributed by atoms with Crippen LogP contribution >= 0.6 is 31.9 Å². The smallest absolute Gasteiger partial charge is 0.407 e. The van der Waals surface area contributed by atoms with E-state index in [9.17, 15) is 9.59 Å². The van der Waals surface area contributed by atoms with Crippen molar-refractivity contribution in [3.8, 4) is 0 Å². The quantitative estimate of drug-likeness (QED) is 0.678. The van der Waals surface area contributed by atoms with Gasteiger partial charge in [0.15, 0.2) is 0 Å². The molecule has 1 atom stereocenters. The van der Waals surface area contributed by atoms with Crippen molar-refractivity contribution in [1.82, 2.24) is 10.2 Å². The molecular formula is C13H13Br2N3O3. The van der Waals surface area contributed by atoms with Gasteiger partial charge in [-0.2, -0.15) is 0 Å². The minimum Gasteiger partial charge on any atom is -0.465 e. The van der Waals surface area contributed by atoms with Gasteiger partial charge in [0, 0.05) is 35.0 Å². The van der Waals surface area contributed by atoms with Crippen molar-refractivity contribution in [2.75, 3.05) is 24.5 Å². The Balaban J connectivity index is 2.00. The highest BCUT2D eigenvalue weighted by molar-refractivity contribution is 9.11. The van der Waals surface area contributed by atoms with Crippen LogP contribution in [-0.4, -0.2) is 47.8 Å². The lowest BCUT2D eigenvalue weighted by Gasteiger charge is -2.38. The van der Waals surface area contributed by atoms with E-state index >= 15 is 0 Å². The van der Waals surface area contributed by atoms with Crippen LogP contribution in [0, 0.1) is 0 Å². The molecule has 2 aliphatic heterocycles. The van der Waals surface area contributed by atoms with E-state index in [0.717, 1.165) is 14.6 Å². The Labute approximate surface area is 138 Å². The highest BCUT2D eigenvalue weighted by atomic mass is 79.9. The molecule has 1 aromatic rings. The molecule has 1 aromatic carbocycles. The molecule has 2 N–H and O–H groups in total. The number of nitrogens with one attached hydrogen (secondary N) is 1. The number of hydrogen-bond acceptors (Lipinski definition) is 3. The zero-order valence-electron chi connectivity index (χ0n) is 11.0. The molecule has 0 radical (unpaired) electrons. The second kappa shape index (κ2) is 5.49. The van der Waals surface area contributed by atoms with Gasteiger partial charge < -0.3 is 20.2 Å². The Bertz CT molecular complexity index is 623. The Morgan fingerprint density at radius 2 is 2.05 bits per heavy atom. The number of benzene rings is 1. The first-order valence-electron chi connectivity index (χ1n) is 6.52. The first-order valence-corrected chi connectivity index (χ1v) is 8.10. The molecule has 21 heavy (non-hydrogen) atoms. The maximum atomic E-state index is 12.3. The number of nitrogens with zero attached hydrogens (tertiary/aromatic N) is 2. The van der Waals surface area contributed by atoms with Crippen LogP contribution in [0.1, 0.15) is 16.8 Å². The first-order chi connectivity index (χ1) is 9.97. The molecule has 6 nitrogen and oxygen atoms in total. The number of anilines is 1. The summed E-state index contributed by atoms with van der Waals surface area (Å²) in [6.45, 7) is 1.39. The summed E-state index contributed by atoms with van der Waals surface area (Å²) in [6.07, 6.45) is -0.519. The van der Waals surface area contributed by atoms with Gasteiger partial charge in [-0.05, 0) is 28.1 Å². The standard InChI is InChI=1S/C13H13Br2N3O3/c14-7-5-8(15)11-9(6-7)18-4-3-17(13(20)21)2-1-10(18)16-12(11)19/h5-6,10H,1-4H2,(H,16,19)(H,20,21). The van der Waals surface area contributed by atoms with Gasteiger partial charge in [-0.1, -0.05) is 15.9 Å². The molecule has 1 unspecified atom stereocenters. The average Bonchev–Trinajstić information content (AvgIpc) is 2.60. The van der Waals surface area contributed by atoms with E-state index in [1.54, 1.807) is 0 Å². The SMILES string of the molecule is O=C1NC2CCN(C(=O)O)CCN2c2cc(Br)cc(Br)c21. The van der Waals surface area contributed by atoms with Crippen molar-refractivity contribution in [2.45, 2.75) is 12.6 Å². The third-order valence-corrected chi connectivity index (χ3v) is 4.88. The molecule has 8 heteroatoms. The lowest BCUT2D eigenvalue weighted by Crippen LogP contribution is -2.53. The van der Waals surface area contributed by atoms with Gasteiger partial charge >= 0.3 is 6.09 Å². The minimum atomic E-state index is -0.920. The Morgan fingerprint density at radius 1 is 1.29 bits per heavy atom. The molecule has 1 saturated heterocycles. The summed E-state index contributed by atoms with van der Waals surface area (Å²) in [4.78, 5) is 26.9. The largest absolute Gasteiger partial charge is 0.465 e. The summed E-state index contributed by atoms with van der Waals surface area (Å²) in [7, 11) is 0. The fourth-order valence-corrected chi connectivity index (χ4v) is 4.18. The lowest BCUT2D eigenvalue weighted by atomic mass is 10.1. The molecule has 0 aliphatic carbocycles. The van der Waals surface area contributed by atoms with Gasteiger partial charge in [0.25, 0.3) is 5.91 Å². The topological polar surface area (TPSA) is 72.9 Å². The number of amides is 2. The van der Waals surface area contributed by atoms with Crippen LogP contribution in [-0.2, 0) is 0 Å². The van der Waals surface area contributed by atoms with E-state index in [1.165, 1.54) is 4.90 Å². The molecule has 0 aromatic heterocycles. The number of carbonyl (C=O) groups excluding carboxylic acids is 1. The van der Waals surface area contributed by atoms with Crippen molar-refractivity contribution < 1.29 is 14.7 Å². The molecule has 2 amide bonds. The summed E-state index contributed by atoms with van der Waals surface area (Å²) < 4.78 is 1.60. The predicted octanol–water partition coefficient (Wildman–Crippen LogP) is 2.47. The van der Waals surface area contributed by atoms with E-state index in [4.69, 9.17) is 5.11 Å². The van der Waals surface area contributed by atoms with E-state index < -0.39 is 6.09 Å². The number of carboxylic acid groups (broad SMARTS) is 1. The Morgan fingerprint density at radius 3 is 2.76 bits per heavy atom. The van der Waals surface area contributed by atoms with E-state index in [0.29, 0.717) is 31.6 Å². The molecule has 2 heterocycles. The highest BCUT2D eigenvalue weighted by Gasteiger charge is 2.35. The van der Waals surface area contributed by atoms with Crippen LogP contribution in [0.5, 0.6) is 0 Å². The van der Waals surface area contributed by atoms with Crippen LogP contribution in [0.25, 0.3) is 0 Å². The van der Waals surface area contributed by atoms with Crippen molar-refractivity contribution in [2.24, 2.45) is 0 Å². The fourth-order valence-electron chi connectivity index (χ4n) is 2.79. The molecule has 0 spiro atoms. The van der Waals surface area contributed by atoms with E-state index in [1.807, 2.05) is 12.1 Å². The van der Waals surface area contributed by atoms with Gasteiger partial charge in [-0.15, -0.1) is 0 Å². The highest BCUT2D eigenvalue weighted by Crippen LogP contribution is 2.36. The van der Waals surface area contributed by atoms with Crippen molar-refractivity contribution in [1.29, 1.82) is 0 Å². The number of rotatable bonds is 0. The lowest BCUT2D eigenvalue weighted by molar-refractivity contribution is 0.0925. The molecule has 0 bridgehead atoms.